The Morgan fingerprint density at radius 3 is 2.62 bits per heavy atom. The third-order valence-electron chi connectivity index (χ3n) is 2.47. The lowest BCUT2D eigenvalue weighted by molar-refractivity contribution is -0.109. The Kier molecular flexibility index (Phi) is 1.88. The van der Waals surface area contributed by atoms with Crippen molar-refractivity contribution in [2.75, 3.05) is 0 Å². The number of carbonyl (C=O) groups excluding carboxylic acids is 1. The van der Waals surface area contributed by atoms with Gasteiger partial charge in [0.25, 0.3) is 0 Å². The predicted molar refractivity (Wildman–Crippen MR) is 48.4 cm³/mol. The fraction of sp³-hybridized carbons (Fsp3) is 0.300. The lowest BCUT2D eigenvalue weighted by Gasteiger charge is -2.10. The van der Waals surface area contributed by atoms with Crippen molar-refractivity contribution >= 4 is 17.9 Å². The summed E-state index contributed by atoms with van der Waals surface area (Å²) in [7, 11) is 0. The zero-order chi connectivity index (χ0) is 9.47. The van der Waals surface area contributed by atoms with Crippen molar-refractivity contribution in [3.8, 4) is 0 Å². The van der Waals surface area contributed by atoms with E-state index in [1.165, 1.54) is 6.07 Å². The highest BCUT2D eigenvalue weighted by Crippen LogP contribution is 2.49. The maximum absolute atomic E-state index is 13.3. The van der Waals surface area contributed by atoms with Crippen molar-refractivity contribution in [3.63, 3.8) is 0 Å². The van der Waals surface area contributed by atoms with Gasteiger partial charge in [0.15, 0.2) is 0 Å². The number of carbonyl (C=O) groups is 1. The lowest BCUT2D eigenvalue weighted by atomic mass is 9.97. The molecule has 2 rings (SSSR count). The molecule has 1 aliphatic rings. The summed E-state index contributed by atoms with van der Waals surface area (Å²) in [6.07, 6.45) is 2.21. The monoisotopic (exact) mass is 198 g/mol. The van der Waals surface area contributed by atoms with Crippen LogP contribution >= 0.6 is 11.6 Å². The molecule has 1 aromatic carbocycles. The number of hydrogen-bond donors (Lipinski definition) is 0. The van der Waals surface area contributed by atoms with E-state index in [1.807, 2.05) is 0 Å². The van der Waals surface area contributed by atoms with Gasteiger partial charge in [-0.3, -0.25) is 0 Å². The summed E-state index contributed by atoms with van der Waals surface area (Å²) in [6.45, 7) is 0. The summed E-state index contributed by atoms with van der Waals surface area (Å²) in [5.41, 5.74) is -0.255. The van der Waals surface area contributed by atoms with Gasteiger partial charge in [0.05, 0.1) is 5.41 Å². The van der Waals surface area contributed by atoms with Gasteiger partial charge in [-0.25, -0.2) is 4.39 Å². The fourth-order valence-electron chi connectivity index (χ4n) is 1.53. The second-order valence-corrected chi connectivity index (χ2v) is 3.78. The third-order valence-corrected chi connectivity index (χ3v) is 2.79. The molecule has 1 nitrogen and oxygen atoms in total. The van der Waals surface area contributed by atoms with E-state index < -0.39 is 5.41 Å². The van der Waals surface area contributed by atoms with Gasteiger partial charge in [-0.05, 0) is 25.0 Å². The largest absolute Gasteiger partial charge is 0.302 e. The molecule has 13 heavy (non-hydrogen) atoms. The third kappa shape index (κ3) is 1.25. The number of halogens is 2. The Balaban J connectivity index is 2.56. The Morgan fingerprint density at radius 2 is 2.15 bits per heavy atom. The van der Waals surface area contributed by atoms with E-state index >= 15 is 0 Å². The minimum atomic E-state index is -0.623. The Bertz CT molecular complexity index is 338. The molecule has 1 aromatic rings. The van der Waals surface area contributed by atoms with Gasteiger partial charge in [0.1, 0.15) is 12.1 Å². The van der Waals surface area contributed by atoms with E-state index in [-0.39, 0.29) is 5.82 Å². The van der Waals surface area contributed by atoms with Gasteiger partial charge in [-0.2, -0.15) is 0 Å². The first kappa shape index (κ1) is 8.70. The van der Waals surface area contributed by atoms with Gasteiger partial charge in [0.2, 0.25) is 0 Å². The average molecular weight is 199 g/mol. The summed E-state index contributed by atoms with van der Waals surface area (Å²) in [6, 6.07) is 4.50. The molecule has 0 amide bonds. The molecule has 0 aromatic heterocycles. The summed E-state index contributed by atoms with van der Waals surface area (Å²) in [5, 5.41) is 0.351. The van der Waals surface area contributed by atoms with Crippen LogP contribution in [0.5, 0.6) is 0 Å². The highest BCUT2D eigenvalue weighted by atomic mass is 35.5. The molecule has 0 saturated heterocycles. The van der Waals surface area contributed by atoms with Gasteiger partial charge in [-0.15, -0.1) is 0 Å². The number of benzene rings is 1. The molecule has 0 atom stereocenters. The van der Waals surface area contributed by atoms with Gasteiger partial charge in [0, 0.05) is 10.6 Å². The highest BCUT2D eigenvalue weighted by molar-refractivity contribution is 6.31. The molecular weight excluding hydrogens is 191 g/mol. The SMILES string of the molecule is O=CC1(c2c(F)cccc2Cl)CC1. The maximum atomic E-state index is 13.3. The van der Waals surface area contributed by atoms with Gasteiger partial charge >= 0.3 is 0 Å². The average Bonchev–Trinajstić information content (AvgIpc) is 2.85. The van der Waals surface area contributed by atoms with Crippen LogP contribution in [0.2, 0.25) is 5.02 Å². The van der Waals surface area contributed by atoms with Crippen LogP contribution in [0, 0.1) is 5.82 Å². The van der Waals surface area contributed by atoms with Crippen molar-refractivity contribution in [2.45, 2.75) is 18.3 Å². The van der Waals surface area contributed by atoms with Crippen LogP contribution in [-0.4, -0.2) is 6.29 Å². The van der Waals surface area contributed by atoms with Crippen molar-refractivity contribution in [2.24, 2.45) is 0 Å². The van der Waals surface area contributed by atoms with E-state index in [0.717, 1.165) is 6.29 Å². The standard InChI is InChI=1S/C10H8ClFO/c11-7-2-1-3-8(12)9(7)10(6-13)4-5-10/h1-3,6H,4-5H2. The van der Waals surface area contributed by atoms with Crippen LogP contribution in [0.15, 0.2) is 18.2 Å². The minimum Gasteiger partial charge on any atom is -0.302 e. The molecule has 1 fully saturated rings. The van der Waals surface area contributed by atoms with Crippen LogP contribution < -0.4 is 0 Å². The number of aldehydes is 1. The Labute approximate surface area is 80.5 Å². The number of hydrogen-bond acceptors (Lipinski definition) is 1. The van der Waals surface area contributed by atoms with Gasteiger partial charge < -0.3 is 4.79 Å². The van der Waals surface area contributed by atoms with Gasteiger partial charge in [-0.1, -0.05) is 17.7 Å². The fourth-order valence-corrected chi connectivity index (χ4v) is 1.89. The molecular formula is C10H8ClFO. The minimum absolute atomic E-state index is 0.351. The molecule has 68 valence electrons. The Hall–Kier alpha value is -0.890. The van der Waals surface area contributed by atoms with Crippen LogP contribution in [0.25, 0.3) is 0 Å². The molecule has 0 spiro atoms. The molecule has 0 N–H and O–H groups in total. The van der Waals surface area contributed by atoms with E-state index in [0.29, 0.717) is 23.4 Å². The van der Waals surface area contributed by atoms with Crippen LogP contribution in [0.1, 0.15) is 18.4 Å². The molecule has 3 heteroatoms. The second-order valence-electron chi connectivity index (χ2n) is 3.37. The first-order valence-electron chi connectivity index (χ1n) is 4.10. The summed E-state index contributed by atoms with van der Waals surface area (Å²) in [5.74, 6) is -0.378. The molecule has 0 bridgehead atoms. The Morgan fingerprint density at radius 1 is 1.46 bits per heavy atom. The quantitative estimate of drug-likeness (QED) is 0.668. The molecule has 1 aliphatic carbocycles. The van der Waals surface area contributed by atoms with Crippen LogP contribution in [0.3, 0.4) is 0 Å². The van der Waals surface area contributed by atoms with E-state index in [1.54, 1.807) is 12.1 Å². The lowest BCUT2D eigenvalue weighted by Crippen LogP contribution is -2.11. The molecule has 0 radical (unpaired) electrons. The summed E-state index contributed by atoms with van der Waals surface area (Å²) < 4.78 is 13.3. The molecule has 1 saturated carbocycles. The number of rotatable bonds is 2. The van der Waals surface area contributed by atoms with Crippen molar-refractivity contribution in [1.82, 2.24) is 0 Å². The van der Waals surface area contributed by atoms with E-state index in [4.69, 9.17) is 11.6 Å². The summed E-state index contributed by atoms with van der Waals surface area (Å²) >= 11 is 5.83. The smallest absolute Gasteiger partial charge is 0.130 e. The maximum Gasteiger partial charge on any atom is 0.130 e. The molecule has 0 heterocycles. The van der Waals surface area contributed by atoms with Crippen LogP contribution in [0.4, 0.5) is 4.39 Å². The predicted octanol–water partition coefficient (Wildman–Crippen LogP) is 2.71. The first-order valence-corrected chi connectivity index (χ1v) is 4.48. The topological polar surface area (TPSA) is 17.1 Å². The van der Waals surface area contributed by atoms with Crippen LogP contribution in [-0.2, 0) is 10.2 Å². The zero-order valence-electron chi connectivity index (χ0n) is 6.89. The second kappa shape index (κ2) is 2.81. The van der Waals surface area contributed by atoms with E-state index in [9.17, 15) is 9.18 Å². The van der Waals surface area contributed by atoms with E-state index in [2.05, 4.69) is 0 Å². The highest BCUT2D eigenvalue weighted by Gasteiger charge is 2.47. The first-order chi connectivity index (χ1) is 6.19. The van der Waals surface area contributed by atoms with Crippen molar-refractivity contribution in [1.29, 1.82) is 0 Å². The summed E-state index contributed by atoms with van der Waals surface area (Å²) in [4.78, 5) is 10.8. The molecule has 0 unspecified atom stereocenters. The van der Waals surface area contributed by atoms with Crippen molar-refractivity contribution < 1.29 is 9.18 Å². The zero-order valence-corrected chi connectivity index (χ0v) is 7.64. The molecule has 0 aliphatic heterocycles. The van der Waals surface area contributed by atoms with Crippen molar-refractivity contribution in [3.05, 3.63) is 34.6 Å². The normalized spacial score (nSPS) is 18.3.